The topological polar surface area (TPSA) is 38.8 Å². The van der Waals surface area contributed by atoms with Crippen LogP contribution in [0.1, 0.15) is 23.6 Å². The van der Waals surface area contributed by atoms with Gasteiger partial charge >= 0.3 is 6.18 Å². The number of carbonyl (C=O) groups is 1. The molecule has 0 unspecified atom stereocenters. The average molecular weight is 663 g/mol. The Morgan fingerprint density at radius 1 is 1.11 bits per heavy atom. The number of hydrogen-bond acceptors (Lipinski definition) is 5. The van der Waals surface area contributed by atoms with Crippen molar-refractivity contribution < 1.29 is 27.4 Å². The number of benzene rings is 3. The monoisotopic (exact) mass is 661 g/mol. The number of amides is 1. The van der Waals surface area contributed by atoms with Gasteiger partial charge in [0.25, 0.3) is 5.91 Å². The van der Waals surface area contributed by atoms with Crippen molar-refractivity contribution in [1.29, 1.82) is 0 Å². The fourth-order valence-corrected chi connectivity index (χ4v) is 5.86. The van der Waals surface area contributed by atoms with Crippen molar-refractivity contribution >= 4 is 85.1 Å². The Kier molecular flexibility index (Phi) is 8.99. The molecule has 0 aliphatic carbocycles. The van der Waals surface area contributed by atoms with Gasteiger partial charge in [-0.2, -0.15) is 13.2 Å². The Morgan fingerprint density at radius 2 is 1.87 bits per heavy atom. The Balaban J connectivity index is 1.61. The van der Waals surface area contributed by atoms with E-state index in [-0.39, 0.29) is 21.5 Å². The molecule has 12 heteroatoms. The summed E-state index contributed by atoms with van der Waals surface area (Å²) >= 11 is 22.0. The van der Waals surface area contributed by atoms with E-state index < -0.39 is 17.6 Å². The molecule has 0 atom stereocenters. The van der Waals surface area contributed by atoms with Crippen LogP contribution < -0.4 is 14.4 Å². The third-order valence-electron chi connectivity index (χ3n) is 5.24. The van der Waals surface area contributed by atoms with E-state index in [1.54, 1.807) is 36.4 Å². The largest absolute Gasteiger partial charge is 0.490 e. The second-order valence-electron chi connectivity index (χ2n) is 7.85. The van der Waals surface area contributed by atoms with Gasteiger partial charge in [-0.15, -0.1) is 0 Å². The van der Waals surface area contributed by atoms with Crippen molar-refractivity contribution in [3.05, 3.63) is 90.7 Å². The molecule has 1 aliphatic rings. The molecule has 198 valence electrons. The number of ether oxygens (including phenoxy) is 2. The van der Waals surface area contributed by atoms with Crippen molar-refractivity contribution in [2.45, 2.75) is 19.7 Å². The van der Waals surface area contributed by atoms with Crippen molar-refractivity contribution in [1.82, 2.24) is 0 Å². The van der Waals surface area contributed by atoms with Gasteiger partial charge in [0, 0.05) is 15.6 Å². The zero-order valence-corrected chi connectivity index (χ0v) is 24.2. The fraction of sp³-hybridized carbons (Fsp3) is 0.154. The highest BCUT2D eigenvalue weighted by Gasteiger charge is 2.36. The Bertz CT molecular complexity index is 1450. The zero-order chi connectivity index (χ0) is 27.6. The lowest BCUT2D eigenvalue weighted by atomic mass is 10.1. The molecule has 1 fully saturated rings. The SMILES string of the molecule is CCOc1cc(/C=C2/SC(=S)N(c3cccc(C(F)(F)F)c3)C2=O)cc(Br)c1OCc1ccc(Cl)cc1Cl. The van der Waals surface area contributed by atoms with Crippen LogP contribution in [-0.2, 0) is 17.6 Å². The highest BCUT2D eigenvalue weighted by atomic mass is 79.9. The van der Waals surface area contributed by atoms with E-state index >= 15 is 0 Å². The summed E-state index contributed by atoms with van der Waals surface area (Å²) in [5.41, 5.74) is 0.509. The van der Waals surface area contributed by atoms with Crippen LogP contribution in [-0.4, -0.2) is 16.8 Å². The third-order valence-corrected chi connectivity index (χ3v) is 7.72. The molecule has 38 heavy (non-hydrogen) atoms. The number of anilines is 1. The fourth-order valence-electron chi connectivity index (χ4n) is 3.53. The van der Waals surface area contributed by atoms with Crippen LogP contribution in [0.15, 0.2) is 64.0 Å². The molecule has 0 N–H and O–H groups in total. The van der Waals surface area contributed by atoms with Gasteiger partial charge in [-0.25, -0.2) is 0 Å². The van der Waals surface area contributed by atoms with Gasteiger partial charge in [0.2, 0.25) is 0 Å². The van der Waals surface area contributed by atoms with E-state index in [2.05, 4.69) is 15.9 Å². The van der Waals surface area contributed by atoms with Crippen LogP contribution in [0.5, 0.6) is 11.5 Å². The second kappa shape index (κ2) is 11.9. The Hall–Kier alpha value is -2.24. The van der Waals surface area contributed by atoms with Gasteiger partial charge in [0.15, 0.2) is 15.8 Å². The maximum atomic E-state index is 13.2. The minimum absolute atomic E-state index is 0.0477. The lowest BCUT2D eigenvalue weighted by molar-refractivity contribution is -0.137. The molecule has 1 aliphatic heterocycles. The Morgan fingerprint density at radius 3 is 2.55 bits per heavy atom. The highest BCUT2D eigenvalue weighted by Crippen LogP contribution is 2.41. The summed E-state index contributed by atoms with van der Waals surface area (Å²) in [4.78, 5) is 14.5. The molecular weight excluding hydrogens is 646 g/mol. The minimum atomic E-state index is -4.54. The van der Waals surface area contributed by atoms with Gasteiger partial charge in [0.05, 0.1) is 27.2 Å². The first-order chi connectivity index (χ1) is 18.0. The van der Waals surface area contributed by atoms with Crippen molar-refractivity contribution in [2.75, 3.05) is 11.5 Å². The molecule has 4 nitrogen and oxygen atoms in total. The Labute approximate surface area is 244 Å². The van der Waals surface area contributed by atoms with E-state index in [0.717, 1.165) is 34.4 Å². The molecule has 0 spiro atoms. The molecule has 1 saturated heterocycles. The smallest absolute Gasteiger partial charge is 0.416 e. The number of nitrogens with zero attached hydrogens (tertiary/aromatic N) is 1. The van der Waals surface area contributed by atoms with Crippen molar-refractivity contribution in [3.63, 3.8) is 0 Å². The molecule has 0 saturated carbocycles. The lowest BCUT2D eigenvalue weighted by Gasteiger charge is -2.16. The molecule has 4 rings (SSSR count). The first-order valence-corrected chi connectivity index (χ1v) is 13.7. The lowest BCUT2D eigenvalue weighted by Crippen LogP contribution is -2.27. The van der Waals surface area contributed by atoms with Crippen LogP contribution in [0.3, 0.4) is 0 Å². The number of rotatable bonds is 7. The number of carbonyl (C=O) groups excluding carboxylic acids is 1. The standard InChI is InChI=1S/C26H17BrCl2F3NO3S2/c1-2-35-21-9-14(8-19(27)23(21)36-13-15-6-7-17(28)12-20(15)29)10-22-24(34)33(25(37)38-22)18-5-3-4-16(11-18)26(30,31)32/h3-12H,2,13H2,1H3/b22-10+. The van der Waals surface area contributed by atoms with Crippen LogP contribution in [0, 0.1) is 0 Å². The number of alkyl halides is 3. The predicted octanol–water partition coefficient (Wildman–Crippen LogP) is 9.16. The van der Waals surface area contributed by atoms with E-state index in [1.807, 2.05) is 6.92 Å². The molecule has 0 aromatic heterocycles. The minimum Gasteiger partial charge on any atom is -0.490 e. The van der Waals surface area contributed by atoms with Crippen LogP contribution in [0.25, 0.3) is 6.08 Å². The zero-order valence-electron chi connectivity index (χ0n) is 19.4. The molecule has 3 aromatic rings. The van der Waals surface area contributed by atoms with Gasteiger partial charge in [-0.3, -0.25) is 9.69 Å². The first kappa shape index (κ1) is 28.8. The summed E-state index contributed by atoms with van der Waals surface area (Å²) in [5, 5.41) is 0.976. The van der Waals surface area contributed by atoms with Gasteiger partial charge in [-0.1, -0.05) is 59.3 Å². The van der Waals surface area contributed by atoms with E-state index in [0.29, 0.717) is 38.2 Å². The normalized spacial score (nSPS) is 14.9. The summed E-state index contributed by atoms with van der Waals surface area (Å²) in [6.07, 6.45) is -2.95. The number of thiocarbonyl (C=S) groups is 1. The molecule has 1 heterocycles. The molecule has 0 bridgehead atoms. The highest BCUT2D eigenvalue weighted by molar-refractivity contribution is 9.10. The van der Waals surface area contributed by atoms with E-state index in [4.69, 9.17) is 44.9 Å². The summed E-state index contributed by atoms with van der Waals surface area (Å²) in [7, 11) is 0. The third kappa shape index (κ3) is 6.48. The second-order valence-corrected chi connectivity index (χ2v) is 11.2. The summed E-state index contributed by atoms with van der Waals surface area (Å²) < 4.78 is 52.0. The van der Waals surface area contributed by atoms with E-state index in [1.165, 1.54) is 12.1 Å². The average Bonchev–Trinajstić information content (AvgIpc) is 3.12. The van der Waals surface area contributed by atoms with Gasteiger partial charge in [0.1, 0.15) is 6.61 Å². The maximum absolute atomic E-state index is 13.2. The van der Waals surface area contributed by atoms with Crippen LogP contribution >= 0.6 is 63.1 Å². The van der Waals surface area contributed by atoms with Crippen molar-refractivity contribution in [2.24, 2.45) is 0 Å². The summed E-state index contributed by atoms with van der Waals surface area (Å²) in [5.74, 6) is 0.337. The molecule has 1 amide bonds. The molecule has 3 aromatic carbocycles. The molecular formula is C26H17BrCl2F3NO3S2. The van der Waals surface area contributed by atoms with Gasteiger partial charge in [-0.05, 0) is 77.0 Å². The van der Waals surface area contributed by atoms with Crippen molar-refractivity contribution in [3.8, 4) is 11.5 Å². The number of thioether (sulfide) groups is 1. The predicted molar refractivity (Wildman–Crippen MR) is 153 cm³/mol. The molecule has 0 radical (unpaired) electrons. The van der Waals surface area contributed by atoms with Gasteiger partial charge < -0.3 is 9.47 Å². The summed E-state index contributed by atoms with van der Waals surface area (Å²) in [6.45, 7) is 2.33. The van der Waals surface area contributed by atoms with Crippen LogP contribution in [0.2, 0.25) is 10.0 Å². The van der Waals surface area contributed by atoms with E-state index in [9.17, 15) is 18.0 Å². The summed E-state index contributed by atoms with van der Waals surface area (Å²) in [6, 6.07) is 13.0. The van der Waals surface area contributed by atoms with Crippen LogP contribution in [0.4, 0.5) is 18.9 Å². The first-order valence-electron chi connectivity index (χ1n) is 11.0. The maximum Gasteiger partial charge on any atom is 0.416 e. The number of halogens is 6. The number of hydrogen-bond donors (Lipinski definition) is 0. The quantitative estimate of drug-likeness (QED) is 0.186.